The molecule has 1 heterocycles. The highest BCUT2D eigenvalue weighted by Gasteiger charge is 2.26. The van der Waals surface area contributed by atoms with Crippen LogP contribution in [0.4, 0.5) is 0 Å². The summed E-state index contributed by atoms with van der Waals surface area (Å²) in [6.45, 7) is 3.48. The maximum absolute atomic E-state index is 12.4. The lowest BCUT2D eigenvalue weighted by molar-refractivity contribution is 0.0690. The van der Waals surface area contributed by atoms with Crippen molar-refractivity contribution in [2.45, 2.75) is 25.1 Å². The summed E-state index contributed by atoms with van der Waals surface area (Å²) in [5, 5.41) is 1.11. The normalized spacial score (nSPS) is 18.4. The van der Waals surface area contributed by atoms with Crippen molar-refractivity contribution in [2.75, 3.05) is 13.1 Å². The summed E-state index contributed by atoms with van der Waals surface area (Å²) in [6, 6.07) is 4.97. The van der Waals surface area contributed by atoms with Crippen molar-refractivity contribution in [1.29, 1.82) is 0 Å². The maximum Gasteiger partial charge on any atom is 0.255 e. The minimum atomic E-state index is -0.0256. The van der Waals surface area contributed by atoms with Gasteiger partial charge in [0, 0.05) is 23.5 Å². The van der Waals surface area contributed by atoms with Crippen LogP contribution in [0.25, 0.3) is 0 Å². The number of amides is 1. The fourth-order valence-electron chi connectivity index (χ4n) is 2.40. The molecular formula is C14H16Cl3NO. The number of halogens is 3. The Kier molecular flexibility index (Phi) is 4.99. The van der Waals surface area contributed by atoms with E-state index in [-0.39, 0.29) is 11.3 Å². The Balaban J connectivity index is 2.05. The Morgan fingerprint density at radius 1 is 1.32 bits per heavy atom. The van der Waals surface area contributed by atoms with Crippen molar-refractivity contribution in [3.05, 3.63) is 33.8 Å². The number of rotatable bonds is 2. The second-order valence-corrected chi connectivity index (χ2v) is 6.46. The van der Waals surface area contributed by atoms with Crippen LogP contribution in [0.3, 0.4) is 0 Å². The number of benzene rings is 1. The summed E-state index contributed by atoms with van der Waals surface area (Å²) in [7, 11) is 0. The van der Waals surface area contributed by atoms with E-state index in [9.17, 15) is 4.79 Å². The van der Waals surface area contributed by atoms with Crippen LogP contribution in [0.2, 0.25) is 10.0 Å². The van der Waals surface area contributed by atoms with Crippen LogP contribution in [-0.2, 0) is 0 Å². The van der Waals surface area contributed by atoms with E-state index in [1.807, 2.05) is 11.8 Å². The van der Waals surface area contributed by atoms with Gasteiger partial charge < -0.3 is 4.90 Å². The molecule has 1 aromatic rings. The molecule has 0 radical (unpaired) electrons. The van der Waals surface area contributed by atoms with Crippen LogP contribution in [0.15, 0.2) is 18.2 Å². The first kappa shape index (κ1) is 15.0. The number of hydrogen-bond donors (Lipinski definition) is 0. The summed E-state index contributed by atoms with van der Waals surface area (Å²) in [4.78, 5) is 14.2. The molecule has 0 saturated carbocycles. The third-order valence-corrected chi connectivity index (χ3v) is 4.54. The lowest BCUT2D eigenvalue weighted by Gasteiger charge is -2.33. The minimum absolute atomic E-state index is 0.0256. The Hall–Kier alpha value is -0.440. The van der Waals surface area contributed by atoms with E-state index in [0.29, 0.717) is 21.5 Å². The number of hydrogen-bond acceptors (Lipinski definition) is 1. The standard InChI is InChI=1S/C14H16Cl3NO/c1-9(15)10-4-6-18(7-5-10)14(19)12-3-2-11(16)8-13(12)17/h2-3,8-10H,4-7H2,1H3. The first-order chi connectivity index (χ1) is 8.99. The molecule has 1 aliphatic rings. The summed E-state index contributed by atoms with van der Waals surface area (Å²) in [5.41, 5.74) is 0.517. The molecule has 0 N–H and O–H groups in total. The van der Waals surface area contributed by atoms with Crippen LogP contribution in [0.5, 0.6) is 0 Å². The number of carbonyl (C=O) groups excluding carboxylic acids is 1. The molecule has 104 valence electrons. The molecule has 1 atom stereocenters. The van der Waals surface area contributed by atoms with Crippen LogP contribution in [0, 0.1) is 5.92 Å². The van der Waals surface area contributed by atoms with E-state index in [2.05, 4.69) is 0 Å². The monoisotopic (exact) mass is 319 g/mol. The van der Waals surface area contributed by atoms with Gasteiger partial charge in [-0.1, -0.05) is 23.2 Å². The number of alkyl halides is 1. The van der Waals surface area contributed by atoms with Crippen LogP contribution >= 0.6 is 34.8 Å². The van der Waals surface area contributed by atoms with Gasteiger partial charge in [-0.3, -0.25) is 4.79 Å². The molecule has 1 fully saturated rings. The molecule has 2 nitrogen and oxygen atoms in total. The highest BCUT2D eigenvalue weighted by molar-refractivity contribution is 6.36. The van der Waals surface area contributed by atoms with E-state index in [1.165, 1.54) is 0 Å². The summed E-state index contributed by atoms with van der Waals surface area (Å²) < 4.78 is 0. The predicted octanol–water partition coefficient (Wildman–Crippen LogP) is 4.47. The summed E-state index contributed by atoms with van der Waals surface area (Å²) in [6.07, 6.45) is 1.89. The zero-order chi connectivity index (χ0) is 14.0. The van der Waals surface area contributed by atoms with Crippen molar-refractivity contribution in [3.63, 3.8) is 0 Å². The number of carbonyl (C=O) groups is 1. The number of likely N-dealkylation sites (tertiary alicyclic amines) is 1. The molecule has 1 aliphatic heterocycles. The van der Waals surface area contributed by atoms with Gasteiger partial charge in [-0.25, -0.2) is 0 Å². The SMILES string of the molecule is CC(Cl)C1CCN(C(=O)c2ccc(Cl)cc2Cl)CC1. The van der Waals surface area contributed by atoms with E-state index >= 15 is 0 Å². The van der Waals surface area contributed by atoms with E-state index in [1.54, 1.807) is 18.2 Å². The average molecular weight is 321 g/mol. The van der Waals surface area contributed by atoms with Crippen LogP contribution in [-0.4, -0.2) is 29.3 Å². The molecule has 1 saturated heterocycles. The minimum Gasteiger partial charge on any atom is -0.339 e. The smallest absolute Gasteiger partial charge is 0.255 e. The van der Waals surface area contributed by atoms with Gasteiger partial charge in [-0.05, 0) is 43.9 Å². The second-order valence-electron chi connectivity index (χ2n) is 4.93. The van der Waals surface area contributed by atoms with Crippen LogP contribution in [0.1, 0.15) is 30.1 Å². The van der Waals surface area contributed by atoms with Crippen molar-refractivity contribution in [1.82, 2.24) is 4.90 Å². The van der Waals surface area contributed by atoms with Crippen molar-refractivity contribution < 1.29 is 4.79 Å². The zero-order valence-corrected chi connectivity index (χ0v) is 13.0. The highest BCUT2D eigenvalue weighted by atomic mass is 35.5. The Morgan fingerprint density at radius 3 is 2.47 bits per heavy atom. The lowest BCUT2D eigenvalue weighted by atomic mass is 9.93. The van der Waals surface area contributed by atoms with Gasteiger partial charge in [-0.15, -0.1) is 11.6 Å². The Morgan fingerprint density at radius 2 is 1.95 bits per heavy atom. The van der Waals surface area contributed by atoms with Gasteiger partial charge in [0.05, 0.1) is 10.6 Å². The second kappa shape index (κ2) is 6.34. The highest BCUT2D eigenvalue weighted by Crippen LogP contribution is 2.27. The maximum atomic E-state index is 12.4. The fraction of sp³-hybridized carbons (Fsp3) is 0.500. The van der Waals surface area contributed by atoms with E-state index in [0.717, 1.165) is 25.9 Å². The summed E-state index contributed by atoms with van der Waals surface area (Å²) >= 11 is 18.0. The molecule has 19 heavy (non-hydrogen) atoms. The Bertz CT molecular complexity index is 468. The first-order valence-electron chi connectivity index (χ1n) is 6.37. The molecule has 5 heteroatoms. The third-order valence-electron chi connectivity index (χ3n) is 3.64. The van der Waals surface area contributed by atoms with E-state index in [4.69, 9.17) is 34.8 Å². The molecule has 1 aromatic carbocycles. The van der Waals surface area contributed by atoms with Crippen molar-refractivity contribution in [2.24, 2.45) is 5.92 Å². The molecule has 1 amide bonds. The molecule has 0 spiro atoms. The quantitative estimate of drug-likeness (QED) is 0.736. The average Bonchev–Trinajstić information content (AvgIpc) is 2.38. The largest absolute Gasteiger partial charge is 0.339 e. The zero-order valence-electron chi connectivity index (χ0n) is 10.7. The van der Waals surface area contributed by atoms with Crippen LogP contribution < -0.4 is 0 Å². The van der Waals surface area contributed by atoms with E-state index < -0.39 is 0 Å². The molecule has 0 aromatic heterocycles. The molecule has 1 unspecified atom stereocenters. The van der Waals surface area contributed by atoms with Gasteiger partial charge in [-0.2, -0.15) is 0 Å². The topological polar surface area (TPSA) is 20.3 Å². The molecular weight excluding hydrogens is 305 g/mol. The van der Waals surface area contributed by atoms with Gasteiger partial charge in [0.15, 0.2) is 0 Å². The van der Waals surface area contributed by atoms with Crippen molar-refractivity contribution in [3.8, 4) is 0 Å². The molecule has 2 rings (SSSR count). The number of piperidine rings is 1. The third kappa shape index (κ3) is 3.56. The number of nitrogens with zero attached hydrogens (tertiary/aromatic N) is 1. The Labute approximate surface area is 128 Å². The summed E-state index contributed by atoms with van der Waals surface area (Å²) in [5.74, 6) is 0.466. The predicted molar refractivity (Wildman–Crippen MR) is 80.4 cm³/mol. The molecule has 0 bridgehead atoms. The van der Waals surface area contributed by atoms with Gasteiger partial charge >= 0.3 is 0 Å². The van der Waals surface area contributed by atoms with Crippen molar-refractivity contribution >= 4 is 40.7 Å². The van der Waals surface area contributed by atoms with Gasteiger partial charge in [0.1, 0.15) is 0 Å². The fourth-order valence-corrected chi connectivity index (χ4v) is 3.14. The lowest BCUT2D eigenvalue weighted by Crippen LogP contribution is -2.40. The van der Waals surface area contributed by atoms with Gasteiger partial charge in [0.2, 0.25) is 0 Å². The van der Waals surface area contributed by atoms with Gasteiger partial charge in [0.25, 0.3) is 5.91 Å². The first-order valence-corrected chi connectivity index (χ1v) is 7.56. The molecule has 0 aliphatic carbocycles.